The fourth-order valence-corrected chi connectivity index (χ4v) is 2.81. The van der Waals surface area contributed by atoms with E-state index in [4.69, 9.17) is 0 Å². The summed E-state index contributed by atoms with van der Waals surface area (Å²) >= 11 is 0. The average Bonchev–Trinajstić information content (AvgIpc) is 3.11. The van der Waals surface area contributed by atoms with Crippen molar-refractivity contribution in [3.63, 3.8) is 0 Å². The van der Waals surface area contributed by atoms with E-state index in [-0.39, 0.29) is 0 Å². The smallest absolute Gasteiger partial charge is 0.0710 e. The van der Waals surface area contributed by atoms with Gasteiger partial charge in [0.25, 0.3) is 0 Å². The Bertz CT molecular complexity index is 762. The molecule has 0 aliphatic carbocycles. The number of rotatable bonds is 8. The minimum atomic E-state index is 0.806. The van der Waals surface area contributed by atoms with E-state index in [1.165, 1.54) is 16.8 Å². The summed E-state index contributed by atoms with van der Waals surface area (Å²) in [5.74, 6) is 0. The highest BCUT2D eigenvalue weighted by atomic mass is 15.1. The third-order valence-corrected chi connectivity index (χ3v) is 4.26. The zero-order valence-electron chi connectivity index (χ0n) is 14.9. The van der Waals surface area contributed by atoms with Crippen LogP contribution in [0.3, 0.4) is 0 Å². The van der Waals surface area contributed by atoms with Crippen molar-refractivity contribution in [1.82, 2.24) is 20.5 Å². The second-order valence-corrected chi connectivity index (χ2v) is 6.35. The van der Waals surface area contributed by atoms with Crippen LogP contribution in [0.1, 0.15) is 17.5 Å². The molecule has 2 heterocycles. The van der Waals surface area contributed by atoms with E-state index in [0.29, 0.717) is 0 Å². The minimum Gasteiger partial charge on any atom is -0.378 e. The van der Waals surface area contributed by atoms with Crippen LogP contribution in [0.2, 0.25) is 0 Å². The lowest BCUT2D eigenvalue weighted by atomic mass is 10.1. The first-order valence-corrected chi connectivity index (χ1v) is 8.63. The second kappa shape index (κ2) is 8.44. The van der Waals surface area contributed by atoms with Gasteiger partial charge < -0.3 is 10.2 Å². The number of aromatic nitrogens is 3. The van der Waals surface area contributed by atoms with Gasteiger partial charge in [0, 0.05) is 49.8 Å². The topological polar surface area (TPSA) is 56.8 Å². The number of aryl methyl sites for hydroxylation is 1. The predicted octanol–water partition coefficient (Wildman–Crippen LogP) is 3.26. The lowest BCUT2D eigenvalue weighted by Crippen LogP contribution is -2.15. The number of nitrogens with one attached hydrogen (secondary N) is 2. The van der Waals surface area contributed by atoms with Gasteiger partial charge in [-0.15, -0.1) is 0 Å². The fourth-order valence-electron chi connectivity index (χ4n) is 2.81. The summed E-state index contributed by atoms with van der Waals surface area (Å²) in [7, 11) is 4.13. The van der Waals surface area contributed by atoms with Crippen LogP contribution in [0.5, 0.6) is 0 Å². The highest BCUT2D eigenvalue weighted by Crippen LogP contribution is 2.19. The van der Waals surface area contributed by atoms with Crippen LogP contribution in [-0.4, -0.2) is 35.8 Å². The molecule has 25 heavy (non-hydrogen) atoms. The molecule has 0 amide bonds. The van der Waals surface area contributed by atoms with Crippen molar-refractivity contribution >= 4 is 5.69 Å². The molecule has 5 nitrogen and oxygen atoms in total. The molecule has 130 valence electrons. The van der Waals surface area contributed by atoms with Gasteiger partial charge in [0.15, 0.2) is 0 Å². The number of hydrogen-bond donors (Lipinski definition) is 2. The lowest BCUT2D eigenvalue weighted by molar-refractivity contribution is 0.650. The number of nitrogens with zero attached hydrogens (tertiary/aromatic N) is 3. The Balaban J connectivity index is 1.44. The third-order valence-electron chi connectivity index (χ3n) is 4.26. The molecule has 0 aliphatic rings. The van der Waals surface area contributed by atoms with Crippen molar-refractivity contribution in [2.45, 2.75) is 19.4 Å². The van der Waals surface area contributed by atoms with Crippen LogP contribution in [0.4, 0.5) is 5.69 Å². The number of hydrogen-bond acceptors (Lipinski definition) is 4. The molecule has 2 aromatic heterocycles. The van der Waals surface area contributed by atoms with Crippen LogP contribution in [0, 0.1) is 0 Å². The summed E-state index contributed by atoms with van der Waals surface area (Å²) in [5.41, 5.74) is 5.90. The van der Waals surface area contributed by atoms with E-state index in [1.54, 1.807) is 6.20 Å². The Morgan fingerprint density at radius 1 is 1.08 bits per heavy atom. The molecule has 0 saturated carbocycles. The number of pyridine rings is 1. The molecular formula is C20H25N5. The van der Waals surface area contributed by atoms with Gasteiger partial charge in [0.1, 0.15) is 0 Å². The fraction of sp³-hybridized carbons (Fsp3) is 0.300. The highest BCUT2D eigenvalue weighted by molar-refractivity contribution is 5.61. The summed E-state index contributed by atoms with van der Waals surface area (Å²) in [5, 5.41) is 10.7. The van der Waals surface area contributed by atoms with Gasteiger partial charge >= 0.3 is 0 Å². The summed E-state index contributed by atoms with van der Waals surface area (Å²) < 4.78 is 0. The number of anilines is 1. The summed E-state index contributed by atoms with van der Waals surface area (Å²) in [6.07, 6.45) is 7.72. The van der Waals surface area contributed by atoms with Crippen molar-refractivity contribution < 1.29 is 0 Å². The first kappa shape index (κ1) is 17.2. The molecule has 1 aromatic carbocycles. The second-order valence-electron chi connectivity index (χ2n) is 6.35. The van der Waals surface area contributed by atoms with E-state index in [2.05, 4.69) is 63.8 Å². The van der Waals surface area contributed by atoms with Crippen LogP contribution < -0.4 is 10.2 Å². The van der Waals surface area contributed by atoms with Gasteiger partial charge in [0.05, 0.1) is 11.9 Å². The molecule has 0 fully saturated rings. The molecule has 0 unspecified atom stereocenters. The van der Waals surface area contributed by atoms with Crippen molar-refractivity contribution in [2.75, 3.05) is 25.5 Å². The first-order valence-electron chi connectivity index (χ1n) is 8.63. The van der Waals surface area contributed by atoms with Gasteiger partial charge in [-0.05, 0) is 49.2 Å². The maximum atomic E-state index is 4.17. The van der Waals surface area contributed by atoms with E-state index in [9.17, 15) is 0 Å². The third kappa shape index (κ3) is 4.67. The van der Waals surface area contributed by atoms with Gasteiger partial charge in [-0.3, -0.25) is 10.1 Å². The van der Waals surface area contributed by atoms with Gasteiger partial charge in [-0.1, -0.05) is 12.1 Å². The van der Waals surface area contributed by atoms with Gasteiger partial charge in [-0.2, -0.15) is 5.10 Å². The van der Waals surface area contributed by atoms with Crippen molar-refractivity contribution in [3.8, 4) is 11.3 Å². The van der Waals surface area contributed by atoms with Crippen molar-refractivity contribution in [3.05, 3.63) is 66.1 Å². The van der Waals surface area contributed by atoms with Crippen LogP contribution in [0.25, 0.3) is 11.3 Å². The summed E-state index contributed by atoms with van der Waals surface area (Å²) in [6.45, 7) is 1.79. The molecule has 3 aromatic rings. The molecule has 2 N–H and O–H groups in total. The standard InChI is InChI=1S/C20H25N5/c1-25(2)19-9-7-16(8-10-19)5-3-11-22-14-18-15-23-24-20(18)17-6-4-12-21-13-17/h4,6-10,12-13,15,22H,3,5,11,14H2,1-2H3,(H,23,24). The van der Waals surface area contributed by atoms with E-state index < -0.39 is 0 Å². The Morgan fingerprint density at radius 2 is 1.92 bits per heavy atom. The van der Waals surface area contributed by atoms with Crippen LogP contribution in [0.15, 0.2) is 55.0 Å². The normalized spacial score (nSPS) is 10.8. The first-order chi connectivity index (χ1) is 12.2. The maximum absolute atomic E-state index is 4.17. The predicted molar refractivity (Wildman–Crippen MR) is 103 cm³/mol. The number of aromatic amines is 1. The molecule has 0 bridgehead atoms. The SMILES string of the molecule is CN(C)c1ccc(CCCNCc2cn[nH]c2-c2cccnc2)cc1. The Labute approximate surface area is 149 Å². The molecular weight excluding hydrogens is 310 g/mol. The minimum absolute atomic E-state index is 0.806. The number of benzene rings is 1. The van der Waals surface area contributed by atoms with Crippen LogP contribution in [-0.2, 0) is 13.0 Å². The van der Waals surface area contributed by atoms with Crippen molar-refractivity contribution in [2.24, 2.45) is 0 Å². The molecule has 5 heteroatoms. The average molecular weight is 335 g/mol. The Kier molecular flexibility index (Phi) is 5.80. The van der Waals surface area contributed by atoms with Gasteiger partial charge in [0.2, 0.25) is 0 Å². The molecule has 3 rings (SSSR count). The monoisotopic (exact) mass is 335 g/mol. The Hall–Kier alpha value is -2.66. The molecule has 0 aliphatic heterocycles. The maximum Gasteiger partial charge on any atom is 0.0710 e. The van der Waals surface area contributed by atoms with Gasteiger partial charge in [-0.25, -0.2) is 0 Å². The van der Waals surface area contributed by atoms with E-state index in [0.717, 1.165) is 37.2 Å². The zero-order valence-corrected chi connectivity index (χ0v) is 14.9. The number of H-pyrrole nitrogens is 1. The van der Waals surface area contributed by atoms with E-state index in [1.807, 2.05) is 24.5 Å². The van der Waals surface area contributed by atoms with Crippen molar-refractivity contribution in [1.29, 1.82) is 0 Å². The Morgan fingerprint density at radius 3 is 2.64 bits per heavy atom. The molecule has 0 radical (unpaired) electrons. The lowest BCUT2D eigenvalue weighted by Gasteiger charge is -2.12. The van der Waals surface area contributed by atoms with Crippen LogP contribution >= 0.6 is 0 Å². The largest absolute Gasteiger partial charge is 0.378 e. The molecule has 0 saturated heterocycles. The molecule has 0 atom stereocenters. The summed E-state index contributed by atoms with van der Waals surface area (Å²) in [6, 6.07) is 12.8. The summed E-state index contributed by atoms with van der Waals surface area (Å²) in [4.78, 5) is 6.29. The van der Waals surface area contributed by atoms with E-state index >= 15 is 0 Å². The quantitative estimate of drug-likeness (QED) is 0.621. The zero-order chi connectivity index (χ0) is 17.5. The highest BCUT2D eigenvalue weighted by Gasteiger charge is 2.07. The molecule has 0 spiro atoms.